The van der Waals surface area contributed by atoms with Crippen LogP contribution in [0.2, 0.25) is 0 Å². The van der Waals surface area contributed by atoms with Crippen molar-refractivity contribution in [2.75, 3.05) is 20.2 Å². The number of ether oxygens (including phenoxy) is 1. The molecule has 1 aromatic heterocycles. The fourth-order valence-electron chi connectivity index (χ4n) is 2.79. The molecule has 25 heavy (non-hydrogen) atoms. The van der Waals surface area contributed by atoms with E-state index in [1.54, 1.807) is 11.8 Å². The minimum atomic E-state index is 0. The van der Waals surface area contributed by atoms with Gasteiger partial charge in [0.2, 0.25) is 0 Å². The van der Waals surface area contributed by atoms with Crippen LogP contribution >= 0.6 is 24.0 Å². The minimum Gasteiger partial charge on any atom is -0.497 e. The van der Waals surface area contributed by atoms with E-state index in [2.05, 4.69) is 20.2 Å². The van der Waals surface area contributed by atoms with Gasteiger partial charge in [-0.3, -0.25) is 0 Å². The van der Waals surface area contributed by atoms with Crippen LogP contribution < -0.4 is 10.5 Å². The molecule has 3 rings (SSSR count). The Bertz CT molecular complexity index is 677. The van der Waals surface area contributed by atoms with Gasteiger partial charge in [0.05, 0.1) is 25.5 Å². The number of nitrogens with two attached hydrogens (primary N) is 1. The summed E-state index contributed by atoms with van der Waals surface area (Å²) in [6.45, 7) is 2.43. The van der Waals surface area contributed by atoms with E-state index in [1.165, 1.54) is 25.7 Å². The number of likely N-dealkylation sites (tertiary alicyclic amines) is 1. The van der Waals surface area contributed by atoms with Crippen LogP contribution in [0.15, 0.2) is 35.5 Å². The Kier molecular flexibility index (Phi) is 7.48. The number of methoxy groups -OCH3 is 1. The topological polar surface area (TPSA) is 81.6 Å². The van der Waals surface area contributed by atoms with Crippen molar-refractivity contribution in [1.29, 1.82) is 0 Å². The molecular formula is C17H25IN6O. The number of nitrogens with zero attached hydrogens (tertiary/aromatic N) is 5. The van der Waals surface area contributed by atoms with Gasteiger partial charge in [-0.25, -0.2) is 9.67 Å². The van der Waals surface area contributed by atoms with Crippen LogP contribution in [0.25, 0.3) is 5.69 Å². The molecule has 1 aromatic carbocycles. The zero-order valence-corrected chi connectivity index (χ0v) is 16.8. The first-order valence-corrected chi connectivity index (χ1v) is 8.37. The van der Waals surface area contributed by atoms with Crippen molar-refractivity contribution in [3.63, 3.8) is 0 Å². The molecule has 2 aromatic rings. The Labute approximate surface area is 165 Å². The standard InChI is InChI=1S/C17H24N6O.HI/c1-24-16-8-6-15(7-9-16)23-13-14(20-21-23)12-19-17(18)22-10-4-2-3-5-11-22;/h6-9,13H,2-5,10-12H2,1H3,(H2,18,19);1H. The number of halogens is 1. The van der Waals surface area contributed by atoms with E-state index in [1.807, 2.05) is 30.5 Å². The van der Waals surface area contributed by atoms with E-state index in [4.69, 9.17) is 10.5 Å². The molecule has 0 saturated carbocycles. The summed E-state index contributed by atoms with van der Waals surface area (Å²) in [6, 6.07) is 7.66. The van der Waals surface area contributed by atoms with Crippen molar-refractivity contribution < 1.29 is 4.74 Å². The van der Waals surface area contributed by atoms with Crippen molar-refractivity contribution in [3.05, 3.63) is 36.2 Å². The predicted octanol–water partition coefficient (Wildman–Crippen LogP) is 2.58. The number of aliphatic imine (C=N–C) groups is 1. The molecule has 0 atom stereocenters. The van der Waals surface area contributed by atoms with Crippen LogP contribution in [0.3, 0.4) is 0 Å². The lowest BCUT2D eigenvalue weighted by Gasteiger charge is -2.20. The minimum absolute atomic E-state index is 0. The average molecular weight is 456 g/mol. The molecule has 1 saturated heterocycles. The molecule has 0 bridgehead atoms. The fourth-order valence-corrected chi connectivity index (χ4v) is 2.79. The van der Waals surface area contributed by atoms with Gasteiger partial charge in [0.15, 0.2) is 5.96 Å². The molecule has 0 aliphatic carbocycles. The highest BCUT2D eigenvalue weighted by Crippen LogP contribution is 2.14. The number of hydrogen-bond donors (Lipinski definition) is 1. The van der Waals surface area contributed by atoms with E-state index in [-0.39, 0.29) is 24.0 Å². The van der Waals surface area contributed by atoms with E-state index in [9.17, 15) is 0 Å². The monoisotopic (exact) mass is 456 g/mol. The molecule has 1 fully saturated rings. The van der Waals surface area contributed by atoms with Gasteiger partial charge in [-0.15, -0.1) is 29.1 Å². The van der Waals surface area contributed by atoms with Crippen molar-refractivity contribution in [1.82, 2.24) is 19.9 Å². The smallest absolute Gasteiger partial charge is 0.191 e. The Morgan fingerprint density at radius 3 is 2.48 bits per heavy atom. The number of aromatic nitrogens is 3. The van der Waals surface area contributed by atoms with Crippen LogP contribution in [-0.4, -0.2) is 46.1 Å². The summed E-state index contributed by atoms with van der Waals surface area (Å²) in [5.41, 5.74) is 7.85. The SMILES string of the molecule is COc1ccc(-n2cc(CN=C(N)N3CCCCCC3)nn2)cc1.I. The highest BCUT2D eigenvalue weighted by molar-refractivity contribution is 14.0. The van der Waals surface area contributed by atoms with Gasteiger partial charge in [0.1, 0.15) is 11.4 Å². The van der Waals surface area contributed by atoms with Crippen molar-refractivity contribution in [3.8, 4) is 11.4 Å². The molecule has 136 valence electrons. The summed E-state index contributed by atoms with van der Waals surface area (Å²) in [4.78, 5) is 6.65. The van der Waals surface area contributed by atoms with Gasteiger partial charge in [-0.1, -0.05) is 18.1 Å². The molecule has 7 nitrogen and oxygen atoms in total. The average Bonchev–Trinajstić information content (AvgIpc) is 2.92. The molecule has 2 heterocycles. The zero-order chi connectivity index (χ0) is 16.8. The predicted molar refractivity (Wildman–Crippen MR) is 109 cm³/mol. The lowest BCUT2D eigenvalue weighted by Crippen LogP contribution is -2.38. The van der Waals surface area contributed by atoms with Crippen molar-refractivity contribution in [2.45, 2.75) is 32.2 Å². The Morgan fingerprint density at radius 2 is 1.84 bits per heavy atom. The third-order valence-corrected chi connectivity index (χ3v) is 4.21. The maximum atomic E-state index is 6.12. The van der Waals surface area contributed by atoms with Crippen LogP contribution in [0, 0.1) is 0 Å². The fraction of sp³-hybridized carbons (Fsp3) is 0.471. The summed E-state index contributed by atoms with van der Waals surface area (Å²) in [5, 5.41) is 8.32. The number of guanidine groups is 1. The largest absolute Gasteiger partial charge is 0.497 e. The van der Waals surface area contributed by atoms with E-state index < -0.39 is 0 Å². The maximum Gasteiger partial charge on any atom is 0.191 e. The van der Waals surface area contributed by atoms with Gasteiger partial charge in [-0.05, 0) is 37.1 Å². The molecule has 0 unspecified atom stereocenters. The molecule has 8 heteroatoms. The summed E-state index contributed by atoms with van der Waals surface area (Å²) >= 11 is 0. The third-order valence-electron chi connectivity index (χ3n) is 4.21. The normalized spacial score (nSPS) is 15.4. The van der Waals surface area contributed by atoms with E-state index in [0.29, 0.717) is 12.5 Å². The van der Waals surface area contributed by atoms with Crippen LogP contribution in [0.1, 0.15) is 31.4 Å². The molecule has 0 spiro atoms. The van der Waals surface area contributed by atoms with E-state index in [0.717, 1.165) is 30.2 Å². The summed E-state index contributed by atoms with van der Waals surface area (Å²) < 4.78 is 6.89. The van der Waals surface area contributed by atoms with Gasteiger partial charge in [-0.2, -0.15) is 0 Å². The number of rotatable bonds is 4. The highest BCUT2D eigenvalue weighted by atomic mass is 127. The quantitative estimate of drug-likeness (QED) is 0.435. The number of benzene rings is 1. The lowest BCUT2D eigenvalue weighted by atomic mass is 10.2. The molecule has 2 N–H and O–H groups in total. The second-order valence-corrected chi connectivity index (χ2v) is 5.93. The first-order chi connectivity index (χ1) is 11.8. The van der Waals surface area contributed by atoms with E-state index >= 15 is 0 Å². The molecule has 1 aliphatic rings. The Balaban J connectivity index is 0.00000225. The lowest BCUT2D eigenvalue weighted by molar-refractivity contribution is 0.414. The third kappa shape index (κ3) is 5.32. The van der Waals surface area contributed by atoms with Gasteiger partial charge >= 0.3 is 0 Å². The van der Waals surface area contributed by atoms with Crippen LogP contribution in [0.5, 0.6) is 5.75 Å². The van der Waals surface area contributed by atoms with Gasteiger partial charge in [0.25, 0.3) is 0 Å². The van der Waals surface area contributed by atoms with Crippen molar-refractivity contribution in [2.24, 2.45) is 10.7 Å². The molecular weight excluding hydrogens is 431 g/mol. The highest BCUT2D eigenvalue weighted by Gasteiger charge is 2.11. The van der Waals surface area contributed by atoms with Gasteiger partial charge < -0.3 is 15.4 Å². The summed E-state index contributed by atoms with van der Waals surface area (Å²) in [5.74, 6) is 1.42. The van der Waals surface area contributed by atoms with Crippen LogP contribution in [0.4, 0.5) is 0 Å². The zero-order valence-electron chi connectivity index (χ0n) is 14.5. The first kappa shape index (κ1) is 19.5. The molecule has 1 aliphatic heterocycles. The Hall–Kier alpha value is -1.84. The van der Waals surface area contributed by atoms with Crippen molar-refractivity contribution >= 4 is 29.9 Å². The van der Waals surface area contributed by atoms with Gasteiger partial charge in [0, 0.05) is 13.1 Å². The number of hydrogen-bond acceptors (Lipinski definition) is 4. The van der Waals surface area contributed by atoms with Crippen LogP contribution in [-0.2, 0) is 6.54 Å². The maximum absolute atomic E-state index is 6.12. The molecule has 0 amide bonds. The second-order valence-electron chi connectivity index (χ2n) is 5.93. The summed E-state index contributed by atoms with van der Waals surface area (Å²) in [7, 11) is 1.65. The second kappa shape index (κ2) is 9.59. The first-order valence-electron chi connectivity index (χ1n) is 8.37. The summed E-state index contributed by atoms with van der Waals surface area (Å²) in [6.07, 6.45) is 6.80. The Morgan fingerprint density at radius 1 is 1.16 bits per heavy atom. The molecule has 0 radical (unpaired) electrons.